The van der Waals surface area contributed by atoms with Gasteiger partial charge in [-0.3, -0.25) is 0 Å². The van der Waals surface area contributed by atoms with Crippen LogP contribution in [0.5, 0.6) is 5.88 Å². The number of aliphatic imine (C=N–C) groups is 1. The number of aromatic amines is 1. The number of aromatic hydroxyl groups is 1. The molecule has 0 aromatic carbocycles. The monoisotopic (exact) mass is 433 g/mol. The van der Waals surface area contributed by atoms with Crippen LogP contribution in [-0.2, 0) is 0 Å². The van der Waals surface area contributed by atoms with E-state index < -0.39 is 0 Å². The van der Waals surface area contributed by atoms with Crippen molar-refractivity contribution in [3.05, 3.63) is 29.6 Å². The van der Waals surface area contributed by atoms with Crippen LogP contribution in [-0.4, -0.2) is 31.8 Å². The highest BCUT2D eigenvalue weighted by molar-refractivity contribution is 6.20. The first-order valence-electron chi connectivity index (χ1n) is 9.94. The van der Waals surface area contributed by atoms with Gasteiger partial charge in [0.2, 0.25) is 11.8 Å². The lowest BCUT2D eigenvalue weighted by Gasteiger charge is -2.56. The number of rotatable bonds is 3. The molecule has 0 spiro atoms. The molecule has 6 nitrogen and oxygen atoms in total. The highest BCUT2D eigenvalue weighted by Gasteiger charge is 2.51. The Labute approximate surface area is 182 Å². The Morgan fingerprint density at radius 2 is 1.79 bits per heavy atom. The molecule has 3 heterocycles. The zero-order chi connectivity index (χ0) is 18.0. The highest BCUT2D eigenvalue weighted by Crippen LogP contribution is 2.56. The van der Waals surface area contributed by atoms with Crippen molar-refractivity contribution in [1.29, 1.82) is 0 Å². The normalized spacial score (nSPS) is 32.0. The Bertz CT molecular complexity index is 948. The topological polar surface area (TPSA) is 86.2 Å². The Hall–Kier alpha value is -2.05. The second-order valence-corrected chi connectivity index (χ2v) is 8.88. The van der Waals surface area contributed by atoms with E-state index >= 15 is 0 Å². The number of hydrogen-bond donors (Lipinski definition) is 3. The van der Waals surface area contributed by atoms with Gasteiger partial charge in [-0.25, -0.2) is 9.98 Å². The van der Waals surface area contributed by atoms with Gasteiger partial charge >= 0.3 is 0 Å². The van der Waals surface area contributed by atoms with Crippen molar-refractivity contribution in [3.8, 4) is 5.88 Å². The first-order chi connectivity index (χ1) is 13.2. The Morgan fingerprint density at radius 3 is 2.48 bits per heavy atom. The predicted molar refractivity (Wildman–Crippen MR) is 120 cm³/mol. The summed E-state index contributed by atoms with van der Waals surface area (Å²) >= 11 is 0. The molecule has 0 amide bonds. The molecule has 7 rings (SSSR count). The molecule has 2 aromatic heterocycles. The molecule has 0 atom stereocenters. The maximum Gasteiger partial charge on any atom is 0.238 e. The van der Waals surface area contributed by atoms with E-state index in [1.807, 2.05) is 18.2 Å². The third-order valence-electron chi connectivity index (χ3n) is 6.86. The molecule has 0 unspecified atom stereocenters. The van der Waals surface area contributed by atoms with Gasteiger partial charge in [0, 0.05) is 29.1 Å². The fraction of sp³-hybridized carbons (Fsp3) is 0.476. The highest BCUT2D eigenvalue weighted by atomic mass is 35.5. The molecule has 0 radical (unpaired) electrons. The third-order valence-corrected chi connectivity index (χ3v) is 6.86. The molecule has 4 saturated carbocycles. The summed E-state index contributed by atoms with van der Waals surface area (Å²) in [6.07, 6.45) is 13.4. The van der Waals surface area contributed by atoms with E-state index in [2.05, 4.69) is 25.3 Å². The largest absolute Gasteiger partial charge is 0.492 e. The number of aromatic nitrogens is 3. The average Bonchev–Trinajstić information content (AvgIpc) is 3.17. The summed E-state index contributed by atoms with van der Waals surface area (Å²) in [7, 11) is 0. The van der Waals surface area contributed by atoms with Crippen LogP contribution in [0.2, 0.25) is 0 Å². The average molecular weight is 434 g/mol. The van der Waals surface area contributed by atoms with Crippen LogP contribution < -0.4 is 5.32 Å². The summed E-state index contributed by atoms with van der Waals surface area (Å²) < 4.78 is 0. The zero-order valence-corrected chi connectivity index (χ0v) is 17.6. The standard InChI is InChI=1S/C21H23N5O.2ClH/c27-19-17(7-15-11-23-18-16(15)2-1-3-22-18)24-20(25-19)26-21-8-12-4-13(9-21)6-14(5-12)10-21;;/h1-3,7,11-14,27H,4-6,8-10H2,(H2,24,25,26);2*1H. The summed E-state index contributed by atoms with van der Waals surface area (Å²) in [6, 6.07) is 3.89. The number of imidazole rings is 1. The van der Waals surface area contributed by atoms with Gasteiger partial charge in [-0.15, -0.1) is 24.8 Å². The van der Waals surface area contributed by atoms with Crippen LogP contribution in [0.4, 0.5) is 11.8 Å². The van der Waals surface area contributed by atoms with Gasteiger partial charge in [-0.2, -0.15) is 4.98 Å². The summed E-state index contributed by atoms with van der Waals surface area (Å²) in [5.41, 5.74) is 2.68. The number of nitrogens with one attached hydrogen (secondary N) is 2. The van der Waals surface area contributed by atoms with Gasteiger partial charge in [0.05, 0.1) is 0 Å². The minimum atomic E-state index is 0. The number of hydrogen-bond acceptors (Lipinski definition) is 5. The van der Waals surface area contributed by atoms with E-state index in [4.69, 9.17) is 0 Å². The molecule has 4 aliphatic carbocycles. The van der Waals surface area contributed by atoms with Gasteiger partial charge in [-0.1, -0.05) is 0 Å². The summed E-state index contributed by atoms with van der Waals surface area (Å²) in [5.74, 6) is 4.03. The van der Waals surface area contributed by atoms with Gasteiger partial charge in [0.25, 0.3) is 0 Å². The fourth-order valence-electron chi connectivity index (χ4n) is 6.25. The first kappa shape index (κ1) is 20.2. The van der Waals surface area contributed by atoms with Gasteiger partial charge in [0.1, 0.15) is 5.69 Å². The number of allylic oxidation sites excluding steroid dienone is 1. The van der Waals surface area contributed by atoms with Crippen molar-refractivity contribution >= 4 is 54.4 Å². The molecule has 8 heteroatoms. The minimum absolute atomic E-state index is 0. The fourth-order valence-corrected chi connectivity index (χ4v) is 6.25. The number of fused-ring (bicyclic) bond motifs is 1. The molecule has 29 heavy (non-hydrogen) atoms. The van der Waals surface area contributed by atoms with Crippen molar-refractivity contribution in [2.24, 2.45) is 22.7 Å². The predicted octanol–water partition coefficient (Wildman–Crippen LogP) is 4.99. The summed E-state index contributed by atoms with van der Waals surface area (Å²) in [5, 5.41) is 14.1. The van der Waals surface area contributed by atoms with Crippen molar-refractivity contribution in [2.75, 3.05) is 5.32 Å². The second-order valence-electron chi connectivity index (χ2n) is 8.88. The minimum Gasteiger partial charge on any atom is -0.492 e. The number of pyridine rings is 1. The molecule has 1 aliphatic heterocycles. The molecule has 4 fully saturated rings. The van der Waals surface area contributed by atoms with Gasteiger partial charge < -0.3 is 15.4 Å². The first-order valence-corrected chi connectivity index (χ1v) is 9.94. The molecule has 4 bridgehead atoms. The van der Waals surface area contributed by atoms with Crippen molar-refractivity contribution < 1.29 is 5.11 Å². The van der Waals surface area contributed by atoms with Crippen LogP contribution in [0.3, 0.4) is 0 Å². The van der Waals surface area contributed by atoms with E-state index in [1.165, 1.54) is 38.5 Å². The molecule has 3 N–H and O–H groups in total. The number of H-pyrrole nitrogens is 1. The summed E-state index contributed by atoms with van der Waals surface area (Å²) in [6.45, 7) is 0. The number of nitrogens with zero attached hydrogens (tertiary/aromatic N) is 3. The maximum atomic E-state index is 10.4. The number of halogens is 2. The smallest absolute Gasteiger partial charge is 0.238 e. The molecular weight excluding hydrogens is 409 g/mol. The van der Waals surface area contributed by atoms with E-state index in [0.717, 1.165) is 34.7 Å². The Kier molecular flexibility index (Phi) is 5.11. The lowest BCUT2D eigenvalue weighted by atomic mass is 9.53. The third kappa shape index (κ3) is 3.42. The second kappa shape index (κ2) is 7.33. The van der Waals surface area contributed by atoms with Crippen molar-refractivity contribution in [1.82, 2.24) is 15.0 Å². The zero-order valence-electron chi connectivity index (χ0n) is 16.0. The maximum absolute atomic E-state index is 10.4. The van der Waals surface area contributed by atoms with E-state index in [1.54, 1.807) is 12.4 Å². The summed E-state index contributed by atoms with van der Waals surface area (Å²) in [4.78, 5) is 16.2. The number of anilines is 1. The van der Waals surface area contributed by atoms with Crippen LogP contribution in [0.1, 0.15) is 49.8 Å². The lowest BCUT2D eigenvalue weighted by molar-refractivity contribution is 0.0104. The van der Waals surface area contributed by atoms with Crippen LogP contribution in [0.15, 0.2) is 23.3 Å². The molecular formula is C21H25Cl2N5O. The van der Waals surface area contributed by atoms with Gasteiger partial charge in [-0.05, 0) is 74.5 Å². The lowest BCUT2D eigenvalue weighted by Crippen LogP contribution is -2.54. The molecule has 2 aromatic rings. The Morgan fingerprint density at radius 1 is 1.10 bits per heavy atom. The molecule has 154 valence electrons. The van der Waals surface area contributed by atoms with Gasteiger partial charge in [0.15, 0.2) is 5.82 Å². The SMILES string of the molecule is Cl.Cl.Oc1nc(NC23CC4CC(CC(C4)C2)C3)[nH]c1C=C1C=Nc2ncccc21. The van der Waals surface area contributed by atoms with E-state index in [9.17, 15) is 5.11 Å². The van der Waals surface area contributed by atoms with E-state index in [0.29, 0.717) is 11.6 Å². The molecule has 5 aliphatic rings. The van der Waals surface area contributed by atoms with E-state index in [-0.39, 0.29) is 36.2 Å². The van der Waals surface area contributed by atoms with Crippen molar-refractivity contribution in [2.45, 2.75) is 44.1 Å². The van der Waals surface area contributed by atoms with Crippen LogP contribution in [0.25, 0.3) is 11.6 Å². The van der Waals surface area contributed by atoms with Crippen LogP contribution in [0, 0.1) is 17.8 Å². The Balaban J connectivity index is 0.00000102. The van der Waals surface area contributed by atoms with Crippen LogP contribution >= 0.6 is 24.8 Å². The molecule has 0 saturated heterocycles. The quantitative estimate of drug-likeness (QED) is 0.635. The van der Waals surface area contributed by atoms with Crippen molar-refractivity contribution in [3.63, 3.8) is 0 Å².